The maximum atomic E-state index is 5.37. The monoisotopic (exact) mass is 330 g/mol. The summed E-state index contributed by atoms with van der Waals surface area (Å²) in [6, 6.07) is 13.8. The Morgan fingerprint density at radius 3 is 2.17 bits per heavy atom. The van der Waals surface area contributed by atoms with Gasteiger partial charge in [0.15, 0.2) is 16.6 Å². The Hall–Kier alpha value is -2.27. The number of benzene rings is 2. The molecule has 2 N–H and O–H groups in total. The molecule has 0 atom stereocenters. The molecule has 0 spiro atoms. The van der Waals surface area contributed by atoms with Crippen LogP contribution >= 0.6 is 12.2 Å². The van der Waals surface area contributed by atoms with Crippen molar-refractivity contribution in [3.8, 4) is 11.5 Å². The molecule has 2 aromatic rings. The number of nitrogens with one attached hydrogen (secondary N) is 2. The van der Waals surface area contributed by atoms with Gasteiger partial charge < -0.3 is 20.1 Å². The fourth-order valence-corrected chi connectivity index (χ4v) is 2.42. The maximum absolute atomic E-state index is 5.37. The van der Waals surface area contributed by atoms with Crippen molar-refractivity contribution in [1.82, 2.24) is 0 Å². The summed E-state index contributed by atoms with van der Waals surface area (Å²) in [5.74, 6) is 1.81. The van der Waals surface area contributed by atoms with Gasteiger partial charge in [0.05, 0.1) is 14.2 Å². The largest absolute Gasteiger partial charge is 0.493 e. The van der Waals surface area contributed by atoms with Crippen LogP contribution in [0.2, 0.25) is 0 Å². The first-order valence-corrected chi connectivity index (χ1v) is 7.84. The van der Waals surface area contributed by atoms with E-state index in [1.807, 2.05) is 30.3 Å². The molecule has 122 valence electrons. The highest BCUT2D eigenvalue weighted by atomic mass is 32.1. The number of methoxy groups -OCH3 is 2. The first-order chi connectivity index (χ1) is 11.0. The minimum absolute atomic E-state index is 0.476. The highest BCUT2D eigenvalue weighted by molar-refractivity contribution is 7.80. The van der Waals surface area contributed by atoms with E-state index in [0.29, 0.717) is 22.5 Å². The van der Waals surface area contributed by atoms with E-state index < -0.39 is 0 Å². The lowest BCUT2D eigenvalue weighted by molar-refractivity contribution is 0.355. The van der Waals surface area contributed by atoms with Crippen molar-refractivity contribution in [3.05, 3.63) is 48.0 Å². The van der Waals surface area contributed by atoms with E-state index in [1.54, 1.807) is 14.2 Å². The topological polar surface area (TPSA) is 42.5 Å². The van der Waals surface area contributed by atoms with Crippen molar-refractivity contribution in [1.29, 1.82) is 0 Å². The Balaban J connectivity index is 2.06. The number of anilines is 2. The van der Waals surface area contributed by atoms with Gasteiger partial charge >= 0.3 is 0 Å². The van der Waals surface area contributed by atoms with Gasteiger partial charge in [-0.15, -0.1) is 0 Å². The molecule has 0 saturated heterocycles. The third-order valence-corrected chi connectivity index (χ3v) is 3.66. The minimum Gasteiger partial charge on any atom is -0.493 e. The molecule has 5 heteroatoms. The molecule has 2 rings (SSSR count). The van der Waals surface area contributed by atoms with Gasteiger partial charge in [0.2, 0.25) is 0 Å². The van der Waals surface area contributed by atoms with Crippen LogP contribution in [0.25, 0.3) is 0 Å². The quantitative estimate of drug-likeness (QED) is 0.782. The van der Waals surface area contributed by atoms with E-state index in [4.69, 9.17) is 21.7 Å². The summed E-state index contributed by atoms with van der Waals surface area (Å²) in [4.78, 5) is 0. The van der Waals surface area contributed by atoms with Gasteiger partial charge in [-0.3, -0.25) is 0 Å². The zero-order chi connectivity index (χ0) is 16.8. The summed E-state index contributed by atoms with van der Waals surface area (Å²) in [5, 5.41) is 6.88. The van der Waals surface area contributed by atoms with Gasteiger partial charge in [0, 0.05) is 17.4 Å². The maximum Gasteiger partial charge on any atom is 0.175 e. The van der Waals surface area contributed by atoms with Gasteiger partial charge in [0.1, 0.15) is 0 Å². The van der Waals surface area contributed by atoms with Gasteiger partial charge in [0.25, 0.3) is 0 Å². The Labute approximate surface area is 142 Å². The van der Waals surface area contributed by atoms with Crippen LogP contribution in [-0.4, -0.2) is 19.3 Å². The Bertz CT molecular complexity index is 686. The molecular weight excluding hydrogens is 308 g/mol. The summed E-state index contributed by atoms with van der Waals surface area (Å²) in [6.07, 6.45) is 0. The highest BCUT2D eigenvalue weighted by Crippen LogP contribution is 2.29. The lowest BCUT2D eigenvalue weighted by Gasteiger charge is -2.14. The van der Waals surface area contributed by atoms with E-state index in [0.717, 1.165) is 11.4 Å². The second-order valence-electron chi connectivity index (χ2n) is 5.43. The highest BCUT2D eigenvalue weighted by Gasteiger charge is 2.06. The molecule has 23 heavy (non-hydrogen) atoms. The predicted molar refractivity (Wildman–Crippen MR) is 99.9 cm³/mol. The average molecular weight is 330 g/mol. The van der Waals surface area contributed by atoms with E-state index in [2.05, 4.69) is 36.6 Å². The number of hydrogen-bond acceptors (Lipinski definition) is 3. The van der Waals surface area contributed by atoms with Crippen LogP contribution in [0.1, 0.15) is 25.3 Å². The lowest BCUT2D eigenvalue weighted by Crippen LogP contribution is -2.19. The normalized spacial score (nSPS) is 10.3. The molecule has 0 unspecified atom stereocenters. The smallest absolute Gasteiger partial charge is 0.175 e. The van der Waals surface area contributed by atoms with E-state index in [9.17, 15) is 0 Å². The third-order valence-electron chi connectivity index (χ3n) is 3.45. The molecular formula is C18H22N2O2S. The Morgan fingerprint density at radius 2 is 1.57 bits per heavy atom. The van der Waals surface area contributed by atoms with Gasteiger partial charge in [-0.1, -0.05) is 26.0 Å². The summed E-state index contributed by atoms with van der Waals surface area (Å²) >= 11 is 5.37. The van der Waals surface area contributed by atoms with Gasteiger partial charge in [-0.05, 0) is 48.0 Å². The summed E-state index contributed by atoms with van der Waals surface area (Å²) in [5.41, 5.74) is 3.07. The van der Waals surface area contributed by atoms with Crippen molar-refractivity contribution in [2.45, 2.75) is 19.8 Å². The fourth-order valence-electron chi connectivity index (χ4n) is 2.18. The molecule has 0 aliphatic rings. The molecule has 0 radical (unpaired) electrons. The SMILES string of the molecule is COc1ccc(NC(=S)Nc2cccc(C(C)C)c2)cc1OC. The first-order valence-electron chi connectivity index (χ1n) is 7.43. The molecule has 0 fully saturated rings. The number of rotatable bonds is 5. The molecule has 4 nitrogen and oxygen atoms in total. The van der Waals surface area contributed by atoms with Crippen LogP contribution in [0, 0.1) is 0 Å². The average Bonchev–Trinajstić information content (AvgIpc) is 2.54. The van der Waals surface area contributed by atoms with E-state index in [1.165, 1.54) is 5.56 Å². The molecule has 0 aromatic heterocycles. The van der Waals surface area contributed by atoms with Crippen LogP contribution in [0.4, 0.5) is 11.4 Å². The van der Waals surface area contributed by atoms with Crippen molar-refractivity contribution in [3.63, 3.8) is 0 Å². The third kappa shape index (κ3) is 4.60. The molecule has 0 aliphatic carbocycles. The van der Waals surface area contributed by atoms with Crippen LogP contribution in [0.5, 0.6) is 11.5 Å². The van der Waals surface area contributed by atoms with Crippen LogP contribution < -0.4 is 20.1 Å². The molecule has 0 saturated carbocycles. The molecule has 0 bridgehead atoms. The summed E-state index contributed by atoms with van der Waals surface area (Å²) in [7, 11) is 3.22. The zero-order valence-electron chi connectivity index (χ0n) is 13.8. The standard InChI is InChI=1S/C18H22N2O2S/c1-12(2)13-6-5-7-14(10-13)19-18(23)20-15-8-9-16(21-3)17(11-15)22-4/h5-12H,1-4H3,(H2,19,20,23). The van der Waals surface area contributed by atoms with Crippen LogP contribution in [0.15, 0.2) is 42.5 Å². The van der Waals surface area contributed by atoms with Crippen molar-refractivity contribution in [2.24, 2.45) is 0 Å². The van der Waals surface area contributed by atoms with Crippen LogP contribution in [0.3, 0.4) is 0 Å². The molecule has 2 aromatic carbocycles. The number of thiocarbonyl (C=S) groups is 1. The second-order valence-corrected chi connectivity index (χ2v) is 5.84. The molecule has 0 amide bonds. The first kappa shape index (κ1) is 17.1. The predicted octanol–water partition coefficient (Wildman–Crippen LogP) is 4.64. The molecule has 0 aliphatic heterocycles. The minimum atomic E-state index is 0.476. The van der Waals surface area contributed by atoms with Gasteiger partial charge in [-0.25, -0.2) is 0 Å². The van der Waals surface area contributed by atoms with Crippen molar-refractivity contribution in [2.75, 3.05) is 24.9 Å². The molecule has 0 heterocycles. The fraction of sp³-hybridized carbons (Fsp3) is 0.278. The van der Waals surface area contributed by atoms with Crippen LogP contribution in [-0.2, 0) is 0 Å². The Kier molecular flexibility index (Phi) is 5.82. The van der Waals surface area contributed by atoms with E-state index in [-0.39, 0.29) is 0 Å². The van der Waals surface area contributed by atoms with Crippen molar-refractivity contribution < 1.29 is 9.47 Å². The number of ether oxygens (including phenoxy) is 2. The second kappa shape index (κ2) is 7.83. The van der Waals surface area contributed by atoms with Crippen molar-refractivity contribution >= 4 is 28.7 Å². The zero-order valence-corrected chi connectivity index (χ0v) is 14.7. The summed E-state index contributed by atoms with van der Waals surface area (Å²) in [6.45, 7) is 4.33. The lowest BCUT2D eigenvalue weighted by atomic mass is 10.0. The van der Waals surface area contributed by atoms with E-state index >= 15 is 0 Å². The Morgan fingerprint density at radius 1 is 0.913 bits per heavy atom. The summed E-state index contributed by atoms with van der Waals surface area (Å²) < 4.78 is 10.5. The van der Waals surface area contributed by atoms with Gasteiger partial charge in [-0.2, -0.15) is 0 Å². The number of hydrogen-bond donors (Lipinski definition) is 2.